The van der Waals surface area contributed by atoms with Crippen molar-refractivity contribution in [3.63, 3.8) is 0 Å². The van der Waals surface area contributed by atoms with Crippen molar-refractivity contribution in [3.05, 3.63) is 35.9 Å². The minimum Gasteiger partial charge on any atom is -0.339 e. The molecule has 0 saturated heterocycles. The van der Waals surface area contributed by atoms with E-state index in [0.717, 1.165) is 11.8 Å². The lowest BCUT2D eigenvalue weighted by Gasteiger charge is -2.26. The zero-order valence-corrected chi connectivity index (χ0v) is 11.2. The second-order valence-corrected chi connectivity index (χ2v) is 4.80. The highest BCUT2D eigenvalue weighted by molar-refractivity contribution is 5.78. The number of alkyl halides is 3. The van der Waals surface area contributed by atoms with Crippen molar-refractivity contribution in [2.24, 2.45) is 0 Å². The summed E-state index contributed by atoms with van der Waals surface area (Å²) in [6.45, 7) is 0.604. The van der Waals surface area contributed by atoms with E-state index in [9.17, 15) is 22.4 Å². The maximum Gasteiger partial charge on any atom is 0.389 e. The first-order valence-electron chi connectivity index (χ1n) is 6.50. The molecule has 1 aliphatic heterocycles. The molecule has 7 heteroatoms. The zero-order valence-electron chi connectivity index (χ0n) is 11.2. The predicted molar refractivity (Wildman–Crippen MR) is 68.7 cm³/mol. The van der Waals surface area contributed by atoms with Gasteiger partial charge in [0.15, 0.2) is 0 Å². The molecule has 3 nitrogen and oxygen atoms in total. The van der Waals surface area contributed by atoms with Crippen LogP contribution in [-0.2, 0) is 4.79 Å². The summed E-state index contributed by atoms with van der Waals surface area (Å²) < 4.78 is 49.0. The van der Waals surface area contributed by atoms with Crippen LogP contribution in [0.3, 0.4) is 0 Å². The molecular formula is C14H14F4N2O. The maximum absolute atomic E-state index is 12.8. The van der Waals surface area contributed by atoms with Crippen molar-refractivity contribution in [1.82, 2.24) is 9.88 Å². The number of rotatable bonds is 3. The Bertz CT molecular complexity index is 537. The number of halogens is 4. The molecular weight excluding hydrogens is 288 g/mol. The summed E-state index contributed by atoms with van der Waals surface area (Å²) in [6, 6.07) is 2.84. The number of carbonyl (C=O) groups excluding carboxylic acids is 1. The van der Waals surface area contributed by atoms with Crippen LogP contribution in [0.15, 0.2) is 24.4 Å². The molecule has 0 atom stereocenters. The van der Waals surface area contributed by atoms with Crippen LogP contribution >= 0.6 is 0 Å². The largest absolute Gasteiger partial charge is 0.389 e. The molecule has 0 spiro atoms. The van der Waals surface area contributed by atoms with Crippen LogP contribution in [0.5, 0.6) is 0 Å². The lowest BCUT2D eigenvalue weighted by Crippen LogP contribution is -2.35. The van der Waals surface area contributed by atoms with Gasteiger partial charge in [0, 0.05) is 19.5 Å². The molecule has 1 aliphatic rings. The fourth-order valence-electron chi connectivity index (χ4n) is 2.10. The molecule has 1 aromatic heterocycles. The van der Waals surface area contributed by atoms with E-state index in [0.29, 0.717) is 18.7 Å². The highest BCUT2D eigenvalue weighted by atomic mass is 19.4. The van der Waals surface area contributed by atoms with Crippen LogP contribution in [0.2, 0.25) is 0 Å². The van der Waals surface area contributed by atoms with E-state index in [1.165, 1.54) is 11.0 Å². The Hall–Kier alpha value is -1.92. The van der Waals surface area contributed by atoms with Crippen LogP contribution in [0, 0.1) is 5.82 Å². The van der Waals surface area contributed by atoms with Gasteiger partial charge in [0.05, 0.1) is 18.3 Å². The Morgan fingerprint density at radius 1 is 1.33 bits per heavy atom. The van der Waals surface area contributed by atoms with Crippen LogP contribution in [0.4, 0.5) is 17.6 Å². The standard InChI is InChI=1S/C14H14F4N2O/c15-11-1-2-12(19-9-11)10-4-7-20(8-5-10)13(21)3-6-14(16,17)18/h1-2,4,9H,3,5-8H2. The Labute approximate surface area is 119 Å². The van der Waals surface area contributed by atoms with Crippen molar-refractivity contribution in [1.29, 1.82) is 0 Å². The summed E-state index contributed by atoms with van der Waals surface area (Å²) in [5.41, 5.74) is 1.49. The molecule has 0 fully saturated rings. The van der Waals surface area contributed by atoms with Gasteiger partial charge in [0.1, 0.15) is 5.82 Å². The molecule has 0 radical (unpaired) electrons. The first kappa shape index (κ1) is 15.5. The molecule has 0 bridgehead atoms. The third kappa shape index (κ3) is 4.54. The van der Waals surface area contributed by atoms with Gasteiger partial charge >= 0.3 is 6.18 Å². The number of nitrogens with zero attached hydrogens (tertiary/aromatic N) is 2. The summed E-state index contributed by atoms with van der Waals surface area (Å²) in [7, 11) is 0. The quantitative estimate of drug-likeness (QED) is 0.804. The van der Waals surface area contributed by atoms with E-state index in [4.69, 9.17) is 0 Å². The fraction of sp³-hybridized carbons (Fsp3) is 0.429. The van der Waals surface area contributed by atoms with Crippen molar-refractivity contribution in [2.45, 2.75) is 25.4 Å². The molecule has 1 aromatic rings. The van der Waals surface area contributed by atoms with Crippen molar-refractivity contribution in [3.8, 4) is 0 Å². The summed E-state index contributed by atoms with van der Waals surface area (Å²) in [6.07, 6.45) is -2.59. The van der Waals surface area contributed by atoms with Gasteiger partial charge in [-0.15, -0.1) is 0 Å². The first-order valence-corrected chi connectivity index (χ1v) is 6.50. The predicted octanol–water partition coefficient (Wildman–Crippen LogP) is 3.18. The molecule has 2 heterocycles. The van der Waals surface area contributed by atoms with Gasteiger partial charge in [-0.2, -0.15) is 13.2 Å². The van der Waals surface area contributed by atoms with E-state index in [1.807, 2.05) is 0 Å². The SMILES string of the molecule is O=C(CCC(F)(F)F)N1CC=C(c2ccc(F)cn2)CC1. The minimum absolute atomic E-state index is 0.255. The molecule has 0 aromatic carbocycles. The van der Waals surface area contributed by atoms with Gasteiger partial charge in [-0.05, 0) is 24.1 Å². The highest BCUT2D eigenvalue weighted by Crippen LogP contribution is 2.24. The van der Waals surface area contributed by atoms with E-state index >= 15 is 0 Å². The highest BCUT2D eigenvalue weighted by Gasteiger charge is 2.29. The molecule has 114 valence electrons. The number of carbonyl (C=O) groups is 1. The van der Waals surface area contributed by atoms with Gasteiger partial charge in [-0.3, -0.25) is 9.78 Å². The molecule has 0 N–H and O–H groups in total. The monoisotopic (exact) mass is 302 g/mol. The molecule has 0 saturated carbocycles. The lowest BCUT2D eigenvalue weighted by molar-refractivity contribution is -0.148. The van der Waals surface area contributed by atoms with Gasteiger partial charge < -0.3 is 4.90 Å². The van der Waals surface area contributed by atoms with Crippen LogP contribution in [0.25, 0.3) is 5.57 Å². The van der Waals surface area contributed by atoms with Gasteiger partial charge in [0.25, 0.3) is 0 Å². The topological polar surface area (TPSA) is 33.2 Å². The van der Waals surface area contributed by atoms with Gasteiger partial charge in [-0.1, -0.05) is 6.08 Å². The van der Waals surface area contributed by atoms with Crippen molar-refractivity contribution < 1.29 is 22.4 Å². The van der Waals surface area contributed by atoms with Crippen LogP contribution in [-0.4, -0.2) is 35.1 Å². The Balaban J connectivity index is 1.92. The van der Waals surface area contributed by atoms with E-state index in [-0.39, 0.29) is 6.54 Å². The third-order valence-electron chi connectivity index (χ3n) is 3.24. The minimum atomic E-state index is -4.32. The first-order chi connectivity index (χ1) is 9.85. The van der Waals surface area contributed by atoms with Crippen molar-refractivity contribution >= 4 is 11.5 Å². The third-order valence-corrected chi connectivity index (χ3v) is 3.24. The van der Waals surface area contributed by atoms with E-state index < -0.39 is 30.7 Å². The van der Waals surface area contributed by atoms with Crippen LogP contribution < -0.4 is 0 Å². The molecule has 0 aliphatic carbocycles. The smallest absolute Gasteiger partial charge is 0.339 e. The van der Waals surface area contributed by atoms with E-state index in [1.54, 1.807) is 12.1 Å². The fourth-order valence-corrected chi connectivity index (χ4v) is 2.10. The average molecular weight is 302 g/mol. The Morgan fingerprint density at radius 2 is 2.10 bits per heavy atom. The number of hydrogen-bond acceptors (Lipinski definition) is 2. The number of pyridine rings is 1. The van der Waals surface area contributed by atoms with Crippen LogP contribution in [0.1, 0.15) is 25.0 Å². The Morgan fingerprint density at radius 3 is 2.62 bits per heavy atom. The molecule has 0 unspecified atom stereocenters. The number of hydrogen-bond donors (Lipinski definition) is 0. The normalized spacial score (nSPS) is 15.8. The summed E-state index contributed by atoms with van der Waals surface area (Å²) in [5.74, 6) is -0.936. The molecule has 1 amide bonds. The summed E-state index contributed by atoms with van der Waals surface area (Å²) in [4.78, 5) is 17.0. The zero-order chi connectivity index (χ0) is 15.5. The lowest BCUT2D eigenvalue weighted by atomic mass is 10.0. The molecule has 21 heavy (non-hydrogen) atoms. The number of amides is 1. The van der Waals surface area contributed by atoms with Crippen molar-refractivity contribution in [2.75, 3.05) is 13.1 Å². The average Bonchev–Trinajstić information content (AvgIpc) is 2.45. The van der Waals surface area contributed by atoms with Gasteiger partial charge in [-0.25, -0.2) is 4.39 Å². The molecule has 2 rings (SSSR count). The van der Waals surface area contributed by atoms with Gasteiger partial charge in [0.2, 0.25) is 5.91 Å². The second-order valence-electron chi connectivity index (χ2n) is 4.80. The summed E-state index contributed by atoms with van der Waals surface area (Å²) >= 11 is 0. The van der Waals surface area contributed by atoms with E-state index in [2.05, 4.69) is 4.98 Å². The maximum atomic E-state index is 12.8. The Kier molecular flexibility index (Phi) is 4.59. The second kappa shape index (κ2) is 6.24. The summed E-state index contributed by atoms with van der Waals surface area (Å²) in [5, 5.41) is 0. The number of aromatic nitrogens is 1.